The van der Waals surface area contributed by atoms with Gasteiger partial charge in [0.25, 0.3) is 0 Å². The van der Waals surface area contributed by atoms with Crippen molar-refractivity contribution in [1.29, 1.82) is 0 Å². The predicted molar refractivity (Wildman–Crippen MR) is 138 cm³/mol. The summed E-state index contributed by atoms with van der Waals surface area (Å²) in [6.07, 6.45) is 1.01. The fourth-order valence-electron chi connectivity index (χ4n) is 3.52. The first-order valence-electron chi connectivity index (χ1n) is 10.3. The third-order valence-corrected chi connectivity index (χ3v) is 5.50. The number of guanidine groups is 1. The Hall–Kier alpha value is -2.00. The van der Waals surface area contributed by atoms with Gasteiger partial charge in [0.15, 0.2) is 5.96 Å². The Kier molecular flexibility index (Phi) is 9.71. The van der Waals surface area contributed by atoms with Crippen molar-refractivity contribution in [3.8, 4) is 5.75 Å². The van der Waals surface area contributed by atoms with Gasteiger partial charge in [-0.05, 0) is 67.8 Å². The Morgan fingerprint density at radius 3 is 2.37 bits per heavy atom. The van der Waals surface area contributed by atoms with Crippen LogP contribution in [0.25, 0.3) is 0 Å². The van der Waals surface area contributed by atoms with Crippen LogP contribution in [0.4, 0.5) is 11.4 Å². The number of ether oxygens (including phenoxy) is 1. The van der Waals surface area contributed by atoms with E-state index in [2.05, 4.69) is 58.2 Å². The Morgan fingerprint density at radius 2 is 1.73 bits per heavy atom. The number of methoxy groups -OCH3 is 1. The first-order valence-corrected chi connectivity index (χ1v) is 10.3. The van der Waals surface area contributed by atoms with Crippen molar-refractivity contribution in [3.63, 3.8) is 0 Å². The molecule has 0 saturated carbocycles. The van der Waals surface area contributed by atoms with Crippen molar-refractivity contribution in [3.05, 3.63) is 53.6 Å². The van der Waals surface area contributed by atoms with Crippen molar-refractivity contribution >= 4 is 41.3 Å². The normalized spacial score (nSPS) is 14.9. The standard InChI is InChI=1S/C23H33N5O.HI/c1-18-5-6-20(17-19(18)2)26-23(24)25-11-4-12-27-13-15-28(16-14-27)21-7-9-22(29-3)10-8-21;/h5-10,17H,4,11-16H2,1-3H3,(H3,24,25,26);1H. The molecule has 1 saturated heterocycles. The van der Waals surface area contributed by atoms with Gasteiger partial charge >= 0.3 is 0 Å². The minimum Gasteiger partial charge on any atom is -0.497 e. The van der Waals surface area contributed by atoms with Gasteiger partial charge in [0.05, 0.1) is 7.11 Å². The minimum atomic E-state index is 0. The van der Waals surface area contributed by atoms with E-state index in [9.17, 15) is 0 Å². The molecule has 1 aliphatic heterocycles. The quantitative estimate of drug-likeness (QED) is 0.250. The van der Waals surface area contributed by atoms with E-state index in [0.29, 0.717) is 5.96 Å². The highest BCUT2D eigenvalue weighted by Crippen LogP contribution is 2.20. The number of nitrogens with zero attached hydrogens (tertiary/aromatic N) is 3. The van der Waals surface area contributed by atoms with Crippen LogP contribution in [0.3, 0.4) is 0 Å². The Labute approximate surface area is 197 Å². The van der Waals surface area contributed by atoms with Gasteiger partial charge < -0.3 is 20.7 Å². The Bertz CT molecular complexity index is 817. The summed E-state index contributed by atoms with van der Waals surface area (Å²) < 4.78 is 5.24. The molecule has 3 rings (SSSR count). The molecule has 0 spiro atoms. The van der Waals surface area contributed by atoms with Crippen LogP contribution in [0.15, 0.2) is 47.5 Å². The van der Waals surface area contributed by atoms with Gasteiger partial charge in [-0.15, -0.1) is 24.0 Å². The number of benzene rings is 2. The third kappa shape index (κ3) is 7.05. The Morgan fingerprint density at radius 1 is 1.03 bits per heavy atom. The van der Waals surface area contributed by atoms with Crippen LogP contribution in [0.5, 0.6) is 5.75 Å². The van der Waals surface area contributed by atoms with E-state index in [1.54, 1.807) is 7.11 Å². The van der Waals surface area contributed by atoms with E-state index in [1.807, 2.05) is 18.2 Å². The minimum absolute atomic E-state index is 0. The zero-order valence-corrected chi connectivity index (χ0v) is 20.6. The lowest BCUT2D eigenvalue weighted by molar-refractivity contribution is 0.256. The van der Waals surface area contributed by atoms with E-state index in [-0.39, 0.29) is 24.0 Å². The molecule has 0 bridgehead atoms. The number of anilines is 2. The van der Waals surface area contributed by atoms with Crippen LogP contribution in [0, 0.1) is 13.8 Å². The summed E-state index contributed by atoms with van der Waals surface area (Å²) in [5.74, 6) is 1.39. The molecule has 1 heterocycles. The number of halogens is 1. The number of hydrogen-bond donors (Lipinski definition) is 2. The fraction of sp³-hybridized carbons (Fsp3) is 0.435. The van der Waals surface area contributed by atoms with Gasteiger partial charge in [0.2, 0.25) is 0 Å². The molecule has 7 heteroatoms. The summed E-state index contributed by atoms with van der Waals surface area (Å²) in [6, 6.07) is 14.5. The van der Waals surface area contributed by atoms with Gasteiger partial charge in [-0.3, -0.25) is 9.89 Å². The lowest BCUT2D eigenvalue weighted by Crippen LogP contribution is -2.46. The number of aliphatic imine (C=N–C) groups is 1. The van der Waals surface area contributed by atoms with Crippen LogP contribution < -0.4 is 20.7 Å². The molecule has 1 aliphatic rings. The molecule has 3 N–H and O–H groups in total. The molecule has 0 atom stereocenters. The van der Waals surface area contributed by atoms with Gasteiger partial charge in [0, 0.05) is 50.6 Å². The Balaban J connectivity index is 0.00000320. The first kappa shape index (κ1) is 24.3. The van der Waals surface area contributed by atoms with Gasteiger partial charge in [-0.2, -0.15) is 0 Å². The van der Waals surface area contributed by atoms with Crippen molar-refractivity contribution in [2.24, 2.45) is 10.7 Å². The van der Waals surface area contributed by atoms with Crippen molar-refractivity contribution in [1.82, 2.24) is 4.90 Å². The van der Waals surface area contributed by atoms with Crippen LogP contribution in [-0.2, 0) is 0 Å². The summed E-state index contributed by atoms with van der Waals surface area (Å²) in [7, 11) is 1.70. The number of rotatable bonds is 7. The number of hydrogen-bond acceptors (Lipinski definition) is 4. The molecule has 6 nitrogen and oxygen atoms in total. The number of nitrogens with one attached hydrogen (secondary N) is 1. The number of nitrogens with two attached hydrogens (primary N) is 1. The second-order valence-electron chi connectivity index (χ2n) is 7.57. The number of piperazine rings is 1. The highest BCUT2D eigenvalue weighted by Gasteiger charge is 2.16. The zero-order valence-electron chi connectivity index (χ0n) is 18.2. The molecule has 2 aromatic rings. The lowest BCUT2D eigenvalue weighted by atomic mass is 10.1. The third-order valence-electron chi connectivity index (χ3n) is 5.50. The molecule has 0 aromatic heterocycles. The maximum Gasteiger partial charge on any atom is 0.193 e. The fourth-order valence-corrected chi connectivity index (χ4v) is 3.52. The molecule has 0 radical (unpaired) electrons. The molecule has 1 fully saturated rings. The highest BCUT2D eigenvalue weighted by molar-refractivity contribution is 14.0. The molecule has 0 aliphatic carbocycles. The van der Waals surface area contributed by atoms with Crippen LogP contribution in [0.1, 0.15) is 17.5 Å². The average molecular weight is 523 g/mol. The van der Waals surface area contributed by atoms with E-state index in [4.69, 9.17) is 10.5 Å². The molecule has 2 aromatic carbocycles. The van der Waals surface area contributed by atoms with E-state index in [0.717, 1.165) is 57.1 Å². The maximum absolute atomic E-state index is 6.03. The van der Waals surface area contributed by atoms with Crippen molar-refractivity contribution < 1.29 is 4.74 Å². The van der Waals surface area contributed by atoms with Crippen LogP contribution >= 0.6 is 24.0 Å². The van der Waals surface area contributed by atoms with Crippen LogP contribution in [-0.4, -0.2) is 57.2 Å². The largest absolute Gasteiger partial charge is 0.497 e. The monoisotopic (exact) mass is 523 g/mol. The summed E-state index contributed by atoms with van der Waals surface area (Å²) in [5.41, 5.74) is 10.8. The summed E-state index contributed by atoms with van der Waals surface area (Å²) in [4.78, 5) is 9.40. The lowest BCUT2D eigenvalue weighted by Gasteiger charge is -2.36. The van der Waals surface area contributed by atoms with Crippen molar-refractivity contribution in [2.45, 2.75) is 20.3 Å². The van der Waals surface area contributed by atoms with Crippen molar-refractivity contribution in [2.75, 3.05) is 56.6 Å². The van der Waals surface area contributed by atoms with Gasteiger partial charge in [-0.25, -0.2) is 0 Å². The molecular formula is C23H34IN5O. The smallest absolute Gasteiger partial charge is 0.193 e. The topological polar surface area (TPSA) is 66.1 Å². The van der Waals surface area contributed by atoms with E-state index < -0.39 is 0 Å². The first-order chi connectivity index (χ1) is 14.0. The average Bonchev–Trinajstić information content (AvgIpc) is 2.74. The zero-order chi connectivity index (χ0) is 20.6. The van der Waals surface area contributed by atoms with Gasteiger partial charge in [-0.1, -0.05) is 6.07 Å². The molecule has 164 valence electrons. The summed E-state index contributed by atoms with van der Waals surface area (Å²) in [6.45, 7) is 10.2. The van der Waals surface area contributed by atoms with Crippen LogP contribution in [0.2, 0.25) is 0 Å². The molecule has 0 unspecified atom stereocenters. The molecule has 30 heavy (non-hydrogen) atoms. The number of aryl methyl sites for hydroxylation is 2. The summed E-state index contributed by atoms with van der Waals surface area (Å²) >= 11 is 0. The maximum atomic E-state index is 6.03. The summed E-state index contributed by atoms with van der Waals surface area (Å²) in [5, 5.41) is 3.18. The van der Waals surface area contributed by atoms with E-state index >= 15 is 0 Å². The molecule has 0 amide bonds. The predicted octanol–water partition coefficient (Wildman–Crippen LogP) is 3.87. The second-order valence-corrected chi connectivity index (χ2v) is 7.57. The SMILES string of the molecule is COc1ccc(N2CCN(CCCN=C(N)Nc3ccc(C)c(C)c3)CC2)cc1.I. The highest BCUT2D eigenvalue weighted by atomic mass is 127. The second kappa shape index (κ2) is 12.0. The van der Waals surface area contributed by atoms with Gasteiger partial charge in [0.1, 0.15) is 5.75 Å². The van der Waals surface area contributed by atoms with E-state index in [1.165, 1.54) is 16.8 Å². The molecular weight excluding hydrogens is 489 g/mol.